The third-order valence-corrected chi connectivity index (χ3v) is 4.17. The number of amides is 1. The van der Waals surface area contributed by atoms with Gasteiger partial charge in [-0.25, -0.2) is 0 Å². The smallest absolute Gasteiger partial charge is 0.283 e. The molecule has 0 saturated heterocycles. The molecule has 0 aliphatic rings. The lowest BCUT2D eigenvalue weighted by Gasteiger charge is -2.18. The summed E-state index contributed by atoms with van der Waals surface area (Å²) in [6.07, 6.45) is 2.50. The first-order valence-corrected chi connectivity index (χ1v) is 8.77. The van der Waals surface area contributed by atoms with Crippen LogP contribution in [0, 0.1) is 31.6 Å². The fourth-order valence-electron chi connectivity index (χ4n) is 2.76. The fourth-order valence-corrected chi connectivity index (χ4v) is 2.76. The van der Waals surface area contributed by atoms with E-state index in [1.54, 1.807) is 6.07 Å². The standard InChI is InChI=1S/C20H18N4O5/c1-2-6-18(14-7-4-3-5-8-14)22-20(25)16(13-21)11-15-9-10-17(23(26)27)12-19(15)24(28)29/h3-5,7-12,18H,2,6H2,1H3,(H,22,25)/b16-11+/t18-/m0/s1. The maximum atomic E-state index is 12.6. The van der Waals surface area contributed by atoms with E-state index < -0.39 is 27.1 Å². The van der Waals surface area contributed by atoms with E-state index >= 15 is 0 Å². The number of nitro benzene ring substituents is 2. The molecular formula is C20H18N4O5. The van der Waals surface area contributed by atoms with E-state index in [0.717, 1.165) is 36.3 Å². The van der Waals surface area contributed by atoms with Crippen molar-refractivity contribution in [2.75, 3.05) is 0 Å². The summed E-state index contributed by atoms with van der Waals surface area (Å²) in [7, 11) is 0. The van der Waals surface area contributed by atoms with Crippen molar-refractivity contribution in [3.63, 3.8) is 0 Å². The summed E-state index contributed by atoms with van der Waals surface area (Å²) >= 11 is 0. The average Bonchev–Trinajstić information content (AvgIpc) is 2.71. The first kappa shape index (κ1) is 21.2. The van der Waals surface area contributed by atoms with Crippen molar-refractivity contribution >= 4 is 23.4 Å². The van der Waals surface area contributed by atoms with Gasteiger partial charge in [0.1, 0.15) is 11.6 Å². The molecule has 0 aliphatic heterocycles. The second-order valence-electron chi connectivity index (χ2n) is 6.15. The monoisotopic (exact) mass is 394 g/mol. The average molecular weight is 394 g/mol. The van der Waals surface area contributed by atoms with Crippen molar-refractivity contribution in [3.05, 3.63) is 85.5 Å². The van der Waals surface area contributed by atoms with E-state index in [-0.39, 0.29) is 17.2 Å². The molecule has 0 unspecified atom stereocenters. The third kappa shape index (κ3) is 5.46. The second-order valence-corrected chi connectivity index (χ2v) is 6.15. The number of nitriles is 1. The number of non-ortho nitro benzene ring substituents is 1. The molecule has 2 aromatic rings. The van der Waals surface area contributed by atoms with Gasteiger partial charge in [-0.3, -0.25) is 25.0 Å². The maximum absolute atomic E-state index is 12.6. The largest absolute Gasteiger partial charge is 0.345 e. The van der Waals surface area contributed by atoms with Crippen LogP contribution in [0.15, 0.2) is 54.1 Å². The number of hydrogen-bond acceptors (Lipinski definition) is 6. The van der Waals surface area contributed by atoms with Crippen molar-refractivity contribution in [3.8, 4) is 6.07 Å². The lowest BCUT2D eigenvalue weighted by Crippen LogP contribution is -2.29. The number of nitro groups is 2. The van der Waals surface area contributed by atoms with Gasteiger partial charge >= 0.3 is 0 Å². The summed E-state index contributed by atoms with van der Waals surface area (Å²) < 4.78 is 0. The van der Waals surface area contributed by atoms with Gasteiger partial charge in [0.2, 0.25) is 0 Å². The Balaban J connectivity index is 2.36. The number of rotatable bonds is 8. The lowest BCUT2D eigenvalue weighted by molar-refractivity contribution is -0.394. The summed E-state index contributed by atoms with van der Waals surface area (Å²) in [4.78, 5) is 33.2. The number of carbonyl (C=O) groups is 1. The van der Waals surface area contributed by atoms with E-state index in [1.807, 2.05) is 37.3 Å². The van der Waals surface area contributed by atoms with Crippen LogP contribution in [0.25, 0.3) is 6.08 Å². The van der Waals surface area contributed by atoms with Gasteiger partial charge in [-0.1, -0.05) is 43.7 Å². The molecule has 0 aliphatic carbocycles. The first-order chi connectivity index (χ1) is 13.9. The van der Waals surface area contributed by atoms with Crippen molar-refractivity contribution in [1.29, 1.82) is 5.26 Å². The molecular weight excluding hydrogens is 376 g/mol. The van der Waals surface area contributed by atoms with Gasteiger partial charge in [-0.15, -0.1) is 0 Å². The van der Waals surface area contributed by atoms with E-state index in [0.29, 0.717) is 6.42 Å². The molecule has 2 rings (SSSR count). The molecule has 0 saturated carbocycles. The zero-order valence-corrected chi connectivity index (χ0v) is 15.6. The van der Waals surface area contributed by atoms with Crippen LogP contribution in [0.3, 0.4) is 0 Å². The van der Waals surface area contributed by atoms with Gasteiger partial charge in [-0.05, 0) is 24.1 Å². The summed E-state index contributed by atoms with van der Waals surface area (Å²) in [6.45, 7) is 1.96. The highest BCUT2D eigenvalue weighted by Crippen LogP contribution is 2.27. The highest BCUT2D eigenvalue weighted by molar-refractivity contribution is 6.02. The Hall–Kier alpha value is -4.06. The van der Waals surface area contributed by atoms with Gasteiger partial charge in [0.15, 0.2) is 0 Å². The normalized spacial score (nSPS) is 11.9. The van der Waals surface area contributed by atoms with Crippen molar-refractivity contribution < 1.29 is 14.6 Å². The minimum absolute atomic E-state index is 0.0703. The van der Waals surface area contributed by atoms with Crippen LogP contribution in [-0.4, -0.2) is 15.8 Å². The molecule has 1 N–H and O–H groups in total. The molecule has 9 heteroatoms. The van der Waals surface area contributed by atoms with E-state index in [4.69, 9.17) is 0 Å². The Morgan fingerprint density at radius 2 is 1.86 bits per heavy atom. The summed E-state index contributed by atoms with van der Waals surface area (Å²) in [5.41, 5.74) is -0.545. The zero-order chi connectivity index (χ0) is 21.4. The van der Waals surface area contributed by atoms with Crippen LogP contribution in [0.1, 0.15) is 36.9 Å². The number of nitrogens with zero attached hydrogens (tertiary/aromatic N) is 3. The molecule has 1 amide bonds. The molecule has 1 atom stereocenters. The van der Waals surface area contributed by atoms with Crippen molar-refractivity contribution in [2.45, 2.75) is 25.8 Å². The summed E-state index contributed by atoms with van der Waals surface area (Å²) in [6, 6.07) is 13.7. The van der Waals surface area contributed by atoms with Crippen LogP contribution < -0.4 is 5.32 Å². The van der Waals surface area contributed by atoms with Gasteiger partial charge in [0.05, 0.1) is 27.5 Å². The second kappa shape index (κ2) is 9.75. The van der Waals surface area contributed by atoms with Gasteiger partial charge in [0, 0.05) is 6.07 Å². The molecule has 2 aromatic carbocycles. The summed E-state index contributed by atoms with van der Waals surface area (Å²) in [5, 5.41) is 34.3. The SMILES string of the molecule is CCC[C@H](NC(=O)/C(C#N)=C/c1ccc([N+](=O)[O-])cc1[N+](=O)[O-])c1ccccc1. The topological polar surface area (TPSA) is 139 Å². The van der Waals surface area contributed by atoms with Crippen LogP contribution >= 0.6 is 0 Å². The molecule has 0 aromatic heterocycles. The van der Waals surface area contributed by atoms with Crippen LogP contribution in [-0.2, 0) is 4.79 Å². The number of hydrogen-bond donors (Lipinski definition) is 1. The first-order valence-electron chi connectivity index (χ1n) is 8.77. The van der Waals surface area contributed by atoms with E-state index in [1.165, 1.54) is 0 Å². The van der Waals surface area contributed by atoms with Gasteiger partial charge in [-0.2, -0.15) is 5.26 Å². The molecule has 0 fully saturated rings. The Labute approximate surface area is 166 Å². The van der Waals surface area contributed by atoms with E-state index in [9.17, 15) is 30.3 Å². The number of nitrogens with one attached hydrogen (secondary N) is 1. The van der Waals surface area contributed by atoms with Crippen LogP contribution in [0.4, 0.5) is 11.4 Å². The van der Waals surface area contributed by atoms with Crippen molar-refractivity contribution in [1.82, 2.24) is 5.32 Å². The molecule has 148 valence electrons. The highest BCUT2D eigenvalue weighted by Gasteiger charge is 2.21. The van der Waals surface area contributed by atoms with E-state index in [2.05, 4.69) is 5.32 Å². The lowest BCUT2D eigenvalue weighted by atomic mass is 10.0. The third-order valence-electron chi connectivity index (χ3n) is 4.17. The number of benzene rings is 2. The van der Waals surface area contributed by atoms with Crippen LogP contribution in [0.2, 0.25) is 0 Å². The quantitative estimate of drug-likeness (QED) is 0.310. The number of carbonyl (C=O) groups excluding carboxylic acids is 1. The van der Waals surface area contributed by atoms with Gasteiger partial charge in [0.25, 0.3) is 17.3 Å². The highest BCUT2D eigenvalue weighted by atomic mass is 16.6. The Bertz CT molecular complexity index is 996. The minimum Gasteiger partial charge on any atom is -0.345 e. The molecule has 9 nitrogen and oxygen atoms in total. The van der Waals surface area contributed by atoms with Crippen molar-refractivity contribution in [2.24, 2.45) is 0 Å². The summed E-state index contributed by atoms with van der Waals surface area (Å²) in [5.74, 6) is -0.678. The predicted molar refractivity (Wildman–Crippen MR) is 106 cm³/mol. The molecule has 0 heterocycles. The van der Waals surface area contributed by atoms with Crippen LogP contribution in [0.5, 0.6) is 0 Å². The Morgan fingerprint density at radius 1 is 1.17 bits per heavy atom. The fraction of sp³-hybridized carbons (Fsp3) is 0.200. The minimum atomic E-state index is -0.796. The van der Waals surface area contributed by atoms with Gasteiger partial charge < -0.3 is 5.32 Å². The molecule has 29 heavy (non-hydrogen) atoms. The predicted octanol–water partition coefficient (Wildman–Crippen LogP) is 4.07. The Kier molecular flexibility index (Phi) is 7.14. The Morgan fingerprint density at radius 3 is 2.41 bits per heavy atom. The molecule has 0 bridgehead atoms. The zero-order valence-electron chi connectivity index (χ0n) is 15.6. The maximum Gasteiger partial charge on any atom is 0.283 e. The molecule has 0 radical (unpaired) electrons. The molecule has 0 spiro atoms.